The number of hydrogen-bond acceptors (Lipinski definition) is 2. The van der Waals surface area contributed by atoms with E-state index in [2.05, 4.69) is 10.3 Å². The van der Waals surface area contributed by atoms with E-state index in [1.807, 2.05) is 13.8 Å². The standard InChI is InChI=1S/C15H22N2O2/c1-9-13(10(2)16-14(9)11(3)18)15(19)17-12-7-5-4-6-8-12/h12,16H,4-8H2,1-3H3,(H,17,19). The summed E-state index contributed by atoms with van der Waals surface area (Å²) in [6, 6.07) is 0.288. The molecule has 4 nitrogen and oxygen atoms in total. The summed E-state index contributed by atoms with van der Waals surface area (Å²) < 4.78 is 0. The lowest BCUT2D eigenvalue weighted by Gasteiger charge is -2.22. The molecule has 1 heterocycles. The summed E-state index contributed by atoms with van der Waals surface area (Å²) in [5.74, 6) is -0.0806. The van der Waals surface area contributed by atoms with Gasteiger partial charge in [0.25, 0.3) is 5.91 Å². The molecule has 19 heavy (non-hydrogen) atoms. The van der Waals surface area contributed by atoms with Crippen molar-refractivity contribution in [1.29, 1.82) is 0 Å². The molecule has 0 aliphatic heterocycles. The van der Waals surface area contributed by atoms with E-state index in [0.29, 0.717) is 11.3 Å². The van der Waals surface area contributed by atoms with E-state index in [4.69, 9.17) is 0 Å². The number of ketones is 1. The van der Waals surface area contributed by atoms with Crippen LogP contribution in [0.2, 0.25) is 0 Å². The van der Waals surface area contributed by atoms with Crippen molar-refractivity contribution in [1.82, 2.24) is 10.3 Å². The molecule has 0 atom stereocenters. The Morgan fingerprint density at radius 1 is 1.16 bits per heavy atom. The minimum Gasteiger partial charge on any atom is -0.355 e. The second-order valence-electron chi connectivity index (χ2n) is 5.49. The van der Waals surface area contributed by atoms with Gasteiger partial charge in [-0.25, -0.2) is 0 Å². The molecule has 1 aromatic heterocycles. The van der Waals surface area contributed by atoms with Crippen LogP contribution in [0.1, 0.15) is 71.1 Å². The first-order valence-electron chi connectivity index (χ1n) is 7.01. The average molecular weight is 262 g/mol. The Hall–Kier alpha value is -1.58. The van der Waals surface area contributed by atoms with Crippen LogP contribution >= 0.6 is 0 Å². The van der Waals surface area contributed by atoms with Crippen LogP contribution in [0.3, 0.4) is 0 Å². The topological polar surface area (TPSA) is 62.0 Å². The van der Waals surface area contributed by atoms with E-state index < -0.39 is 0 Å². The van der Waals surface area contributed by atoms with Gasteiger partial charge >= 0.3 is 0 Å². The maximum atomic E-state index is 12.3. The van der Waals surface area contributed by atoms with E-state index in [0.717, 1.165) is 24.1 Å². The van der Waals surface area contributed by atoms with E-state index in [9.17, 15) is 9.59 Å². The molecule has 104 valence electrons. The van der Waals surface area contributed by atoms with E-state index in [1.54, 1.807) is 0 Å². The Kier molecular flexibility index (Phi) is 4.08. The predicted octanol–water partition coefficient (Wildman–Crippen LogP) is 2.90. The molecule has 1 aliphatic rings. The molecule has 0 radical (unpaired) electrons. The molecule has 0 bridgehead atoms. The van der Waals surface area contributed by atoms with Crippen LogP contribution in [0.4, 0.5) is 0 Å². The molecular weight excluding hydrogens is 240 g/mol. The third-order valence-electron chi connectivity index (χ3n) is 3.96. The summed E-state index contributed by atoms with van der Waals surface area (Å²) in [6.07, 6.45) is 5.77. The second-order valence-corrected chi connectivity index (χ2v) is 5.49. The molecule has 2 N–H and O–H groups in total. The Morgan fingerprint density at radius 2 is 1.79 bits per heavy atom. The van der Waals surface area contributed by atoms with Gasteiger partial charge in [0.15, 0.2) is 5.78 Å². The summed E-state index contributed by atoms with van der Waals surface area (Å²) in [5.41, 5.74) is 2.72. The van der Waals surface area contributed by atoms with Crippen LogP contribution in [0.5, 0.6) is 0 Å². The molecule has 1 aliphatic carbocycles. The molecular formula is C15H22N2O2. The number of nitrogens with one attached hydrogen (secondary N) is 2. The average Bonchev–Trinajstić information content (AvgIpc) is 2.66. The van der Waals surface area contributed by atoms with Crippen molar-refractivity contribution < 1.29 is 9.59 Å². The molecule has 1 saturated carbocycles. The Labute approximate surface area is 114 Å². The minimum absolute atomic E-state index is 0.0303. The van der Waals surface area contributed by atoms with Crippen LogP contribution in [0.15, 0.2) is 0 Å². The third-order valence-corrected chi connectivity index (χ3v) is 3.96. The first-order valence-corrected chi connectivity index (χ1v) is 7.01. The van der Waals surface area contributed by atoms with Crippen LogP contribution in [0, 0.1) is 13.8 Å². The quantitative estimate of drug-likeness (QED) is 0.823. The van der Waals surface area contributed by atoms with Gasteiger partial charge in [-0.2, -0.15) is 0 Å². The summed E-state index contributed by atoms with van der Waals surface area (Å²) in [5, 5.41) is 3.10. The normalized spacial score (nSPS) is 16.4. The van der Waals surface area contributed by atoms with E-state index in [1.165, 1.54) is 26.2 Å². The van der Waals surface area contributed by atoms with Crippen LogP contribution < -0.4 is 5.32 Å². The van der Waals surface area contributed by atoms with Crippen molar-refractivity contribution >= 4 is 11.7 Å². The van der Waals surface area contributed by atoms with Crippen molar-refractivity contribution in [3.05, 3.63) is 22.5 Å². The highest BCUT2D eigenvalue weighted by molar-refractivity contribution is 6.02. The van der Waals surface area contributed by atoms with Gasteiger partial charge in [0, 0.05) is 18.7 Å². The number of carbonyl (C=O) groups excluding carboxylic acids is 2. The summed E-state index contributed by atoms with van der Waals surface area (Å²) in [7, 11) is 0. The van der Waals surface area contributed by atoms with Gasteiger partial charge in [0.2, 0.25) is 0 Å². The number of aromatic amines is 1. The van der Waals surface area contributed by atoms with Gasteiger partial charge in [-0.3, -0.25) is 9.59 Å². The van der Waals surface area contributed by atoms with Crippen LogP contribution in [-0.4, -0.2) is 22.7 Å². The van der Waals surface area contributed by atoms with E-state index in [-0.39, 0.29) is 17.7 Å². The van der Waals surface area contributed by atoms with Crippen LogP contribution in [0.25, 0.3) is 0 Å². The lowest BCUT2D eigenvalue weighted by atomic mass is 9.95. The third kappa shape index (κ3) is 2.88. The molecule has 0 aromatic carbocycles. The number of aromatic nitrogens is 1. The fourth-order valence-electron chi connectivity index (χ4n) is 2.95. The summed E-state index contributed by atoms with van der Waals surface area (Å²) in [4.78, 5) is 26.8. The van der Waals surface area contributed by atoms with Crippen molar-refractivity contribution in [2.75, 3.05) is 0 Å². The SMILES string of the molecule is CC(=O)c1[nH]c(C)c(C(=O)NC2CCCCC2)c1C. The number of Topliss-reactive ketones (excluding diaryl/α,β-unsaturated/α-hetero) is 1. The number of aryl methyl sites for hydroxylation is 1. The monoisotopic (exact) mass is 262 g/mol. The molecule has 0 saturated heterocycles. The number of H-pyrrole nitrogens is 1. The molecule has 0 spiro atoms. The van der Waals surface area contributed by atoms with Gasteiger partial charge in [0.05, 0.1) is 11.3 Å². The Morgan fingerprint density at radius 3 is 2.32 bits per heavy atom. The zero-order valence-electron chi connectivity index (χ0n) is 11.9. The first-order chi connectivity index (χ1) is 9.00. The molecule has 1 amide bonds. The Balaban J connectivity index is 2.16. The van der Waals surface area contributed by atoms with Gasteiger partial charge in [-0.05, 0) is 32.3 Å². The van der Waals surface area contributed by atoms with Gasteiger partial charge in [-0.1, -0.05) is 19.3 Å². The fourth-order valence-corrected chi connectivity index (χ4v) is 2.95. The lowest BCUT2D eigenvalue weighted by Crippen LogP contribution is -2.36. The molecule has 1 fully saturated rings. The number of rotatable bonds is 3. The highest BCUT2D eigenvalue weighted by atomic mass is 16.2. The largest absolute Gasteiger partial charge is 0.355 e. The number of carbonyl (C=O) groups is 2. The number of amides is 1. The number of hydrogen-bond donors (Lipinski definition) is 2. The van der Waals surface area contributed by atoms with Gasteiger partial charge in [0.1, 0.15) is 0 Å². The predicted molar refractivity (Wildman–Crippen MR) is 74.6 cm³/mol. The summed E-state index contributed by atoms with van der Waals surface area (Å²) >= 11 is 0. The second kappa shape index (κ2) is 5.59. The molecule has 1 aromatic rings. The lowest BCUT2D eigenvalue weighted by molar-refractivity contribution is 0.0926. The van der Waals surface area contributed by atoms with E-state index >= 15 is 0 Å². The van der Waals surface area contributed by atoms with Crippen molar-refractivity contribution in [2.45, 2.75) is 58.9 Å². The van der Waals surface area contributed by atoms with Gasteiger partial charge in [-0.15, -0.1) is 0 Å². The van der Waals surface area contributed by atoms with Crippen LogP contribution in [-0.2, 0) is 0 Å². The highest BCUT2D eigenvalue weighted by Gasteiger charge is 2.22. The van der Waals surface area contributed by atoms with Crippen molar-refractivity contribution in [3.8, 4) is 0 Å². The molecule has 0 unspecified atom stereocenters. The minimum atomic E-state index is -0.0503. The zero-order valence-corrected chi connectivity index (χ0v) is 11.9. The highest BCUT2D eigenvalue weighted by Crippen LogP contribution is 2.21. The maximum absolute atomic E-state index is 12.3. The van der Waals surface area contributed by atoms with Crippen molar-refractivity contribution in [3.63, 3.8) is 0 Å². The van der Waals surface area contributed by atoms with Crippen molar-refractivity contribution in [2.24, 2.45) is 0 Å². The fraction of sp³-hybridized carbons (Fsp3) is 0.600. The first kappa shape index (κ1) is 13.8. The molecule has 4 heteroatoms. The smallest absolute Gasteiger partial charge is 0.253 e. The van der Waals surface area contributed by atoms with Gasteiger partial charge < -0.3 is 10.3 Å². The summed E-state index contributed by atoms with van der Waals surface area (Å²) in [6.45, 7) is 5.19. The zero-order chi connectivity index (χ0) is 14.0. The molecule has 2 rings (SSSR count). The Bertz CT molecular complexity index is 496. The maximum Gasteiger partial charge on any atom is 0.253 e.